The largest absolute Gasteiger partial charge is 0.390 e. The molecule has 2 atom stereocenters. The number of likely N-dealkylation sites (tertiary alicyclic amines) is 1. The zero-order valence-electron chi connectivity index (χ0n) is 12.7. The number of nitrogens with one attached hydrogen (secondary N) is 1. The molecule has 1 fully saturated rings. The lowest BCUT2D eigenvalue weighted by Crippen LogP contribution is -2.54. The number of nitrogens with zero attached hydrogens (tertiary/aromatic N) is 3. The first kappa shape index (κ1) is 15.9. The maximum atomic E-state index is 11.8. The molecule has 1 saturated heterocycles. The summed E-state index contributed by atoms with van der Waals surface area (Å²) < 4.78 is 0. The van der Waals surface area contributed by atoms with Crippen LogP contribution in [0.2, 0.25) is 0 Å². The highest BCUT2D eigenvalue weighted by molar-refractivity contribution is 5.78. The molecule has 0 unspecified atom stereocenters. The van der Waals surface area contributed by atoms with Gasteiger partial charge in [-0.1, -0.05) is 6.07 Å². The number of aliphatic hydroxyl groups excluding tert-OH is 1. The maximum Gasteiger partial charge on any atom is 0.234 e. The maximum absolute atomic E-state index is 11.8. The number of aliphatic hydroxyl groups is 1. The van der Waals surface area contributed by atoms with Gasteiger partial charge in [0.1, 0.15) is 0 Å². The van der Waals surface area contributed by atoms with Gasteiger partial charge in [0.15, 0.2) is 0 Å². The highest BCUT2D eigenvalue weighted by atomic mass is 16.3. The van der Waals surface area contributed by atoms with Crippen molar-refractivity contribution in [3.63, 3.8) is 0 Å². The fourth-order valence-electron chi connectivity index (χ4n) is 2.60. The van der Waals surface area contributed by atoms with E-state index in [9.17, 15) is 9.90 Å². The fraction of sp³-hybridized carbons (Fsp3) is 0.600. The smallest absolute Gasteiger partial charge is 0.234 e. The molecule has 1 aromatic heterocycles. The molecule has 1 aliphatic rings. The lowest BCUT2D eigenvalue weighted by Gasteiger charge is -2.36. The summed E-state index contributed by atoms with van der Waals surface area (Å²) in [5.74, 6) is -0.0373. The van der Waals surface area contributed by atoms with Crippen molar-refractivity contribution >= 4 is 5.91 Å². The Morgan fingerprint density at radius 3 is 3.00 bits per heavy atom. The first-order valence-corrected chi connectivity index (χ1v) is 7.28. The first-order chi connectivity index (χ1) is 10.0. The molecule has 0 saturated carbocycles. The Morgan fingerprint density at radius 2 is 2.38 bits per heavy atom. The Morgan fingerprint density at radius 1 is 1.57 bits per heavy atom. The Kier molecular flexibility index (Phi) is 5.67. The lowest BCUT2D eigenvalue weighted by atomic mass is 10.0. The molecule has 1 aromatic rings. The summed E-state index contributed by atoms with van der Waals surface area (Å²) in [5, 5.41) is 13.1. The van der Waals surface area contributed by atoms with Crippen LogP contribution < -0.4 is 5.32 Å². The van der Waals surface area contributed by atoms with Crippen molar-refractivity contribution in [1.82, 2.24) is 20.1 Å². The summed E-state index contributed by atoms with van der Waals surface area (Å²) in [4.78, 5) is 19.9. The standard InChI is InChI=1S/C15H24N4O2/c1-18(2)11-15(21)17-13-5-7-19(10-14(13)20)9-12-4-3-6-16-8-12/h3-4,6,8,13-14,20H,5,7,9-11H2,1-2H3,(H,17,21)/t13-,14-/m1/s1. The predicted octanol–water partition coefficient (Wildman–Crippen LogP) is -0.305. The molecule has 6 nitrogen and oxygen atoms in total. The highest BCUT2D eigenvalue weighted by Gasteiger charge is 2.28. The molecule has 1 aliphatic heterocycles. The van der Waals surface area contributed by atoms with E-state index >= 15 is 0 Å². The average Bonchev–Trinajstić information content (AvgIpc) is 2.42. The van der Waals surface area contributed by atoms with Crippen LogP contribution in [0.1, 0.15) is 12.0 Å². The van der Waals surface area contributed by atoms with E-state index in [1.54, 1.807) is 6.20 Å². The number of likely N-dealkylation sites (N-methyl/N-ethyl adjacent to an activating group) is 1. The third-order valence-electron chi connectivity index (χ3n) is 3.60. The summed E-state index contributed by atoms with van der Waals surface area (Å²) in [6, 6.07) is 3.80. The normalized spacial score (nSPS) is 23.2. The molecule has 116 valence electrons. The Hall–Kier alpha value is -1.50. The minimum absolute atomic E-state index is 0.0373. The molecule has 21 heavy (non-hydrogen) atoms. The van der Waals surface area contributed by atoms with Gasteiger partial charge in [-0.2, -0.15) is 0 Å². The molecule has 0 aliphatic carbocycles. The number of hydrogen-bond acceptors (Lipinski definition) is 5. The number of carbonyl (C=O) groups excluding carboxylic acids is 1. The van der Waals surface area contributed by atoms with E-state index in [-0.39, 0.29) is 11.9 Å². The monoisotopic (exact) mass is 292 g/mol. The molecule has 0 radical (unpaired) electrons. The van der Waals surface area contributed by atoms with E-state index in [0.717, 1.165) is 25.1 Å². The van der Waals surface area contributed by atoms with E-state index < -0.39 is 6.10 Å². The first-order valence-electron chi connectivity index (χ1n) is 7.28. The zero-order valence-corrected chi connectivity index (χ0v) is 12.7. The van der Waals surface area contributed by atoms with Gasteiger partial charge in [0.05, 0.1) is 18.7 Å². The Balaban J connectivity index is 1.80. The zero-order chi connectivity index (χ0) is 15.2. The molecule has 0 aromatic carbocycles. The van der Waals surface area contributed by atoms with Crippen LogP contribution in [-0.2, 0) is 11.3 Å². The van der Waals surface area contributed by atoms with E-state index in [0.29, 0.717) is 13.1 Å². The predicted molar refractivity (Wildman–Crippen MR) is 80.6 cm³/mol. The van der Waals surface area contributed by atoms with Gasteiger partial charge >= 0.3 is 0 Å². The number of amides is 1. The van der Waals surface area contributed by atoms with Crippen molar-refractivity contribution in [2.75, 3.05) is 33.7 Å². The SMILES string of the molecule is CN(C)CC(=O)N[C@@H]1CCN(Cc2cccnc2)C[C@H]1O. The number of piperidine rings is 1. The van der Waals surface area contributed by atoms with E-state index in [4.69, 9.17) is 0 Å². The van der Waals surface area contributed by atoms with Gasteiger partial charge in [-0.15, -0.1) is 0 Å². The van der Waals surface area contributed by atoms with E-state index in [1.165, 1.54) is 0 Å². The summed E-state index contributed by atoms with van der Waals surface area (Å²) in [5.41, 5.74) is 1.14. The molecular formula is C15H24N4O2. The lowest BCUT2D eigenvalue weighted by molar-refractivity contribution is -0.124. The van der Waals surface area contributed by atoms with Crippen LogP contribution in [0.3, 0.4) is 0 Å². The fourth-order valence-corrected chi connectivity index (χ4v) is 2.60. The van der Waals surface area contributed by atoms with Gasteiger partial charge in [0, 0.05) is 32.0 Å². The summed E-state index contributed by atoms with van der Waals surface area (Å²) >= 11 is 0. The Labute approximate surface area is 125 Å². The number of carbonyl (C=O) groups is 1. The second kappa shape index (κ2) is 7.49. The Bertz CT molecular complexity index is 452. The molecule has 0 spiro atoms. The van der Waals surface area contributed by atoms with E-state index in [1.807, 2.05) is 37.3 Å². The van der Waals surface area contributed by atoms with Gasteiger partial charge in [0.2, 0.25) is 5.91 Å². The topological polar surface area (TPSA) is 68.7 Å². The van der Waals surface area contributed by atoms with Crippen LogP contribution in [0.25, 0.3) is 0 Å². The van der Waals surface area contributed by atoms with Gasteiger partial charge in [0.25, 0.3) is 0 Å². The van der Waals surface area contributed by atoms with Gasteiger partial charge in [-0.25, -0.2) is 0 Å². The minimum atomic E-state index is -0.526. The van der Waals surface area contributed by atoms with Crippen molar-refractivity contribution in [3.05, 3.63) is 30.1 Å². The summed E-state index contributed by atoms with van der Waals surface area (Å²) in [6.45, 7) is 2.56. The third-order valence-corrected chi connectivity index (χ3v) is 3.60. The van der Waals surface area contributed by atoms with Gasteiger partial charge < -0.3 is 15.3 Å². The summed E-state index contributed by atoms with van der Waals surface area (Å²) in [7, 11) is 3.71. The molecular weight excluding hydrogens is 268 g/mol. The molecule has 1 amide bonds. The van der Waals surface area contributed by atoms with Crippen LogP contribution in [0.5, 0.6) is 0 Å². The van der Waals surface area contributed by atoms with Crippen LogP contribution in [0, 0.1) is 0 Å². The van der Waals surface area contributed by atoms with Crippen LogP contribution >= 0.6 is 0 Å². The van der Waals surface area contributed by atoms with Gasteiger partial charge in [-0.3, -0.25) is 14.7 Å². The number of β-amino-alcohol motifs (C(OH)–C–C–N with tert-alkyl or cyclic N) is 1. The van der Waals surface area contributed by atoms with Crippen molar-refractivity contribution in [3.8, 4) is 0 Å². The number of pyridine rings is 1. The van der Waals surface area contributed by atoms with Crippen LogP contribution in [0.15, 0.2) is 24.5 Å². The molecule has 2 rings (SSSR count). The number of rotatable bonds is 5. The molecule has 2 heterocycles. The summed E-state index contributed by atoms with van der Waals surface area (Å²) in [6.07, 6.45) is 3.84. The number of aromatic nitrogens is 1. The molecule has 0 bridgehead atoms. The second-order valence-electron chi connectivity index (χ2n) is 5.86. The van der Waals surface area contributed by atoms with Crippen molar-refractivity contribution < 1.29 is 9.90 Å². The van der Waals surface area contributed by atoms with Crippen molar-refractivity contribution in [2.24, 2.45) is 0 Å². The van der Waals surface area contributed by atoms with Crippen molar-refractivity contribution in [1.29, 1.82) is 0 Å². The third kappa shape index (κ3) is 5.08. The highest BCUT2D eigenvalue weighted by Crippen LogP contribution is 2.14. The van der Waals surface area contributed by atoms with Gasteiger partial charge in [-0.05, 0) is 32.1 Å². The average molecular weight is 292 g/mol. The molecule has 2 N–H and O–H groups in total. The number of hydrogen-bond donors (Lipinski definition) is 2. The minimum Gasteiger partial charge on any atom is -0.390 e. The molecule has 6 heteroatoms. The second-order valence-corrected chi connectivity index (χ2v) is 5.86. The van der Waals surface area contributed by atoms with Crippen molar-refractivity contribution in [2.45, 2.75) is 25.1 Å². The van der Waals surface area contributed by atoms with Crippen LogP contribution in [0.4, 0.5) is 0 Å². The van der Waals surface area contributed by atoms with E-state index in [2.05, 4.69) is 15.2 Å². The van der Waals surface area contributed by atoms with Crippen LogP contribution in [-0.4, -0.2) is 71.7 Å². The quantitative estimate of drug-likeness (QED) is 0.779.